The summed E-state index contributed by atoms with van der Waals surface area (Å²) in [6, 6.07) is 18.5. The number of carbonyl (C=O) groups is 1. The molecule has 0 radical (unpaired) electrons. The van der Waals surface area contributed by atoms with Crippen molar-refractivity contribution in [1.82, 2.24) is 10.4 Å². The van der Waals surface area contributed by atoms with Gasteiger partial charge in [-0.2, -0.15) is 5.10 Å². The van der Waals surface area contributed by atoms with Gasteiger partial charge in [-0.25, -0.2) is 10.4 Å². The predicted molar refractivity (Wildman–Crippen MR) is 136 cm³/mol. The molecule has 0 bridgehead atoms. The van der Waals surface area contributed by atoms with Gasteiger partial charge in [0.2, 0.25) is 0 Å². The molecule has 0 saturated carbocycles. The Bertz CT molecular complexity index is 1120. The number of carbonyl (C=O) groups excluding carboxylic acids is 1. The summed E-state index contributed by atoms with van der Waals surface area (Å²) in [4.78, 5) is 23.1. The number of para-hydroxylation sites is 1. The molecule has 33 heavy (non-hydrogen) atoms. The second-order valence-electron chi connectivity index (χ2n) is 8.57. The molecule has 0 spiro atoms. The smallest absolute Gasteiger partial charge is 0.259 e. The standard InChI is InChI=1S/C26H29N5OS/c32-24(19-31-17-9-13-20-10-5-6-14-22(20)31)29-27-18-23-25(21-11-3-1-4-12-21)28-26(33-23)30-15-7-2-8-16-30/h1,3-6,10-12,14,18H,2,7-9,13,15-17,19H2,(H,29,32)/b27-18+. The molecule has 1 N–H and O–H groups in total. The Hall–Kier alpha value is -3.19. The molecule has 170 valence electrons. The number of nitrogens with zero attached hydrogens (tertiary/aromatic N) is 4. The van der Waals surface area contributed by atoms with E-state index in [-0.39, 0.29) is 5.91 Å². The maximum atomic E-state index is 12.6. The van der Waals surface area contributed by atoms with Gasteiger partial charge in [-0.15, -0.1) is 0 Å². The van der Waals surface area contributed by atoms with Gasteiger partial charge >= 0.3 is 0 Å². The van der Waals surface area contributed by atoms with Gasteiger partial charge in [0.05, 0.1) is 23.3 Å². The first-order valence-electron chi connectivity index (χ1n) is 11.7. The lowest BCUT2D eigenvalue weighted by Crippen LogP contribution is -2.38. The zero-order valence-corrected chi connectivity index (χ0v) is 19.6. The second-order valence-corrected chi connectivity index (χ2v) is 9.58. The molecule has 0 aliphatic carbocycles. The van der Waals surface area contributed by atoms with Crippen LogP contribution in [0.15, 0.2) is 59.7 Å². The fraction of sp³-hybridized carbons (Fsp3) is 0.346. The number of aromatic nitrogens is 1. The van der Waals surface area contributed by atoms with Crippen molar-refractivity contribution in [2.24, 2.45) is 5.10 Å². The van der Waals surface area contributed by atoms with E-state index in [0.29, 0.717) is 6.54 Å². The number of amides is 1. The van der Waals surface area contributed by atoms with Crippen LogP contribution in [-0.2, 0) is 11.2 Å². The lowest BCUT2D eigenvalue weighted by molar-refractivity contribution is -0.119. The summed E-state index contributed by atoms with van der Waals surface area (Å²) in [6.45, 7) is 3.29. The van der Waals surface area contributed by atoms with Gasteiger partial charge in [-0.05, 0) is 43.7 Å². The van der Waals surface area contributed by atoms with Crippen LogP contribution in [-0.4, -0.2) is 43.3 Å². The van der Waals surface area contributed by atoms with Crippen molar-refractivity contribution in [2.75, 3.05) is 36.0 Å². The fourth-order valence-electron chi connectivity index (χ4n) is 4.58. The van der Waals surface area contributed by atoms with E-state index < -0.39 is 0 Å². The first-order chi connectivity index (χ1) is 16.3. The van der Waals surface area contributed by atoms with Crippen LogP contribution >= 0.6 is 11.3 Å². The number of thiazole rings is 1. The number of benzene rings is 2. The van der Waals surface area contributed by atoms with E-state index >= 15 is 0 Å². The van der Waals surface area contributed by atoms with E-state index in [9.17, 15) is 4.79 Å². The fourth-order valence-corrected chi connectivity index (χ4v) is 5.59. The Balaban J connectivity index is 1.29. The Morgan fingerprint density at radius 3 is 2.64 bits per heavy atom. The Morgan fingerprint density at radius 1 is 1.00 bits per heavy atom. The van der Waals surface area contributed by atoms with Gasteiger partial charge in [-0.1, -0.05) is 59.9 Å². The molecular formula is C26H29N5OS. The molecule has 1 amide bonds. The minimum Gasteiger partial charge on any atom is -0.362 e. The number of rotatable bonds is 6. The average Bonchev–Trinajstić information content (AvgIpc) is 3.30. The van der Waals surface area contributed by atoms with Crippen molar-refractivity contribution >= 4 is 34.3 Å². The lowest BCUT2D eigenvalue weighted by atomic mass is 10.0. The van der Waals surface area contributed by atoms with Crippen molar-refractivity contribution in [3.63, 3.8) is 0 Å². The number of nitrogens with one attached hydrogen (secondary N) is 1. The largest absolute Gasteiger partial charge is 0.362 e. The number of hydrogen-bond donors (Lipinski definition) is 1. The van der Waals surface area contributed by atoms with Crippen molar-refractivity contribution in [2.45, 2.75) is 32.1 Å². The third-order valence-electron chi connectivity index (χ3n) is 6.23. The van der Waals surface area contributed by atoms with Crippen LogP contribution in [0.3, 0.4) is 0 Å². The predicted octanol–water partition coefficient (Wildman–Crippen LogP) is 4.70. The lowest BCUT2D eigenvalue weighted by Gasteiger charge is -2.30. The number of aryl methyl sites for hydroxylation is 1. The average molecular weight is 460 g/mol. The first kappa shape index (κ1) is 21.6. The van der Waals surface area contributed by atoms with Crippen LogP contribution < -0.4 is 15.2 Å². The van der Waals surface area contributed by atoms with Crippen LogP contribution in [0.2, 0.25) is 0 Å². The van der Waals surface area contributed by atoms with Crippen molar-refractivity contribution < 1.29 is 4.79 Å². The van der Waals surface area contributed by atoms with Crippen LogP contribution in [0.5, 0.6) is 0 Å². The third-order valence-corrected chi connectivity index (χ3v) is 7.28. The monoisotopic (exact) mass is 459 g/mol. The van der Waals surface area contributed by atoms with E-state index in [2.05, 4.69) is 50.7 Å². The number of fused-ring (bicyclic) bond motifs is 1. The van der Waals surface area contributed by atoms with Crippen LogP contribution in [0.1, 0.15) is 36.1 Å². The number of piperidine rings is 1. The molecule has 0 atom stereocenters. The molecule has 6 nitrogen and oxygen atoms in total. The van der Waals surface area contributed by atoms with Gasteiger partial charge in [0, 0.05) is 30.9 Å². The van der Waals surface area contributed by atoms with Crippen LogP contribution in [0.4, 0.5) is 10.8 Å². The summed E-state index contributed by atoms with van der Waals surface area (Å²) in [5.41, 5.74) is 7.18. The molecule has 1 aromatic heterocycles. The quantitative estimate of drug-likeness (QED) is 0.429. The van der Waals surface area contributed by atoms with E-state index in [0.717, 1.165) is 59.4 Å². The SMILES string of the molecule is O=C(CN1CCCc2ccccc21)N/N=C/c1sc(N2CCCCC2)nc1-c1ccccc1. The van der Waals surface area contributed by atoms with Crippen molar-refractivity contribution in [3.8, 4) is 11.3 Å². The Kier molecular flexibility index (Phi) is 6.67. The number of anilines is 2. The highest BCUT2D eigenvalue weighted by atomic mass is 32.1. The van der Waals surface area contributed by atoms with Gasteiger partial charge in [0.1, 0.15) is 0 Å². The zero-order chi connectivity index (χ0) is 22.5. The van der Waals surface area contributed by atoms with Gasteiger partial charge < -0.3 is 9.80 Å². The zero-order valence-electron chi connectivity index (χ0n) is 18.7. The number of hydrazone groups is 1. The van der Waals surface area contributed by atoms with Crippen molar-refractivity contribution in [3.05, 3.63) is 65.0 Å². The molecule has 3 aromatic rings. The number of hydrogen-bond acceptors (Lipinski definition) is 6. The van der Waals surface area contributed by atoms with Gasteiger partial charge in [0.25, 0.3) is 5.91 Å². The molecule has 1 fully saturated rings. The maximum Gasteiger partial charge on any atom is 0.259 e. The molecule has 1 saturated heterocycles. The molecule has 7 heteroatoms. The topological polar surface area (TPSA) is 60.8 Å². The third kappa shape index (κ3) is 5.09. The highest BCUT2D eigenvalue weighted by molar-refractivity contribution is 7.17. The molecule has 3 heterocycles. The van der Waals surface area contributed by atoms with E-state index in [1.165, 1.54) is 24.8 Å². The second kappa shape index (κ2) is 10.2. The first-order valence-corrected chi connectivity index (χ1v) is 12.6. The molecular weight excluding hydrogens is 430 g/mol. The molecule has 5 rings (SSSR count). The van der Waals surface area contributed by atoms with Gasteiger partial charge in [0.15, 0.2) is 5.13 Å². The molecule has 2 aliphatic heterocycles. The van der Waals surface area contributed by atoms with Crippen LogP contribution in [0, 0.1) is 0 Å². The minimum absolute atomic E-state index is 0.106. The minimum atomic E-state index is -0.106. The summed E-state index contributed by atoms with van der Waals surface area (Å²) in [5, 5.41) is 5.34. The maximum absolute atomic E-state index is 12.6. The summed E-state index contributed by atoms with van der Waals surface area (Å²) in [7, 11) is 0. The van der Waals surface area contributed by atoms with E-state index in [1.54, 1.807) is 17.6 Å². The Labute approximate surface area is 199 Å². The highest BCUT2D eigenvalue weighted by Gasteiger charge is 2.20. The molecule has 2 aliphatic rings. The summed E-state index contributed by atoms with van der Waals surface area (Å²) in [5.74, 6) is -0.106. The molecule has 0 unspecified atom stereocenters. The van der Waals surface area contributed by atoms with E-state index in [1.807, 2.05) is 24.3 Å². The molecule has 2 aromatic carbocycles. The Morgan fingerprint density at radius 2 is 1.79 bits per heavy atom. The summed E-state index contributed by atoms with van der Waals surface area (Å²) >= 11 is 1.64. The van der Waals surface area contributed by atoms with Gasteiger partial charge in [-0.3, -0.25) is 4.79 Å². The normalized spacial score (nSPS) is 16.1. The van der Waals surface area contributed by atoms with E-state index in [4.69, 9.17) is 4.98 Å². The summed E-state index contributed by atoms with van der Waals surface area (Å²) in [6.07, 6.45) is 7.58. The van der Waals surface area contributed by atoms with Crippen LogP contribution in [0.25, 0.3) is 11.3 Å². The summed E-state index contributed by atoms with van der Waals surface area (Å²) < 4.78 is 0. The van der Waals surface area contributed by atoms with Crippen molar-refractivity contribution in [1.29, 1.82) is 0 Å². The highest BCUT2D eigenvalue weighted by Crippen LogP contribution is 2.33.